The average molecular weight is 441 g/mol. The van der Waals surface area contributed by atoms with Crippen molar-refractivity contribution in [3.63, 3.8) is 0 Å². The third-order valence-electron chi connectivity index (χ3n) is 5.18. The van der Waals surface area contributed by atoms with E-state index < -0.39 is 7.82 Å². The Hall–Kier alpha value is -0.930. The molecule has 0 aromatic carbocycles. The van der Waals surface area contributed by atoms with Crippen molar-refractivity contribution in [1.82, 2.24) is 0 Å². The molecule has 4 nitrogen and oxygen atoms in total. The highest BCUT2D eigenvalue weighted by Gasteiger charge is 2.13. The molecule has 0 radical (unpaired) electrons. The SMILES string of the molecule is CC(C)=CCC/C(C)=C/CC/C(C)=C/CC/C(C)=C/CCC(C)CCOP(=O)(O)O. The van der Waals surface area contributed by atoms with Gasteiger partial charge in [0.15, 0.2) is 0 Å². The number of rotatable bonds is 16. The number of hydrogen-bond acceptors (Lipinski definition) is 2. The van der Waals surface area contributed by atoms with Crippen molar-refractivity contribution in [2.45, 2.75) is 99.3 Å². The van der Waals surface area contributed by atoms with Crippen molar-refractivity contribution in [2.75, 3.05) is 6.61 Å². The molecule has 0 bridgehead atoms. The second kappa shape index (κ2) is 16.7. The number of phosphoric ester groups is 1. The third kappa shape index (κ3) is 20.3. The van der Waals surface area contributed by atoms with Crippen molar-refractivity contribution in [2.24, 2.45) is 5.92 Å². The molecule has 0 rings (SSSR count). The fraction of sp³-hybridized carbons (Fsp3) is 0.680. The molecule has 2 N–H and O–H groups in total. The van der Waals surface area contributed by atoms with Gasteiger partial charge in [-0.1, -0.05) is 53.5 Å². The van der Waals surface area contributed by atoms with Gasteiger partial charge in [0.1, 0.15) is 0 Å². The van der Waals surface area contributed by atoms with Crippen LogP contribution < -0.4 is 0 Å². The minimum Gasteiger partial charge on any atom is -0.303 e. The van der Waals surface area contributed by atoms with Gasteiger partial charge in [-0.2, -0.15) is 0 Å². The van der Waals surface area contributed by atoms with Gasteiger partial charge in [-0.3, -0.25) is 4.52 Å². The molecule has 30 heavy (non-hydrogen) atoms. The standard InChI is InChI=1S/C25H45O4P/c1-21(2)11-7-12-22(3)13-8-14-23(4)15-9-16-24(5)17-10-18-25(6)19-20-29-30(26,27)28/h11,13,15,17,25H,7-10,12,14,16,18-20H2,1-6H3,(H2,26,27,28)/b22-13+,23-15+,24-17+. The Bertz CT molecular complexity index is 634. The lowest BCUT2D eigenvalue weighted by Gasteiger charge is -2.11. The van der Waals surface area contributed by atoms with E-state index in [0.717, 1.165) is 51.4 Å². The van der Waals surface area contributed by atoms with E-state index >= 15 is 0 Å². The molecule has 0 aromatic heterocycles. The Morgan fingerprint density at radius 2 is 1.20 bits per heavy atom. The molecule has 0 heterocycles. The first kappa shape index (κ1) is 29.1. The van der Waals surface area contributed by atoms with Crippen LogP contribution >= 0.6 is 7.82 Å². The lowest BCUT2D eigenvalue weighted by atomic mass is 10.0. The minimum atomic E-state index is -4.33. The van der Waals surface area contributed by atoms with Crippen LogP contribution in [0.15, 0.2) is 46.6 Å². The molecule has 5 heteroatoms. The molecule has 174 valence electrons. The van der Waals surface area contributed by atoms with Crippen LogP contribution in [-0.4, -0.2) is 16.4 Å². The van der Waals surface area contributed by atoms with Crippen molar-refractivity contribution in [3.05, 3.63) is 46.6 Å². The first-order valence-electron chi connectivity index (χ1n) is 11.3. The molecule has 0 saturated heterocycles. The second-order valence-electron chi connectivity index (χ2n) is 8.84. The van der Waals surface area contributed by atoms with Gasteiger partial charge in [0.05, 0.1) is 6.61 Å². The first-order valence-corrected chi connectivity index (χ1v) is 12.8. The summed E-state index contributed by atoms with van der Waals surface area (Å²) >= 11 is 0. The third-order valence-corrected chi connectivity index (χ3v) is 5.70. The molecular formula is C25H45O4P. The number of phosphoric acid groups is 1. The van der Waals surface area contributed by atoms with E-state index in [9.17, 15) is 4.57 Å². The molecule has 0 aliphatic carbocycles. The number of hydrogen-bond donors (Lipinski definition) is 2. The van der Waals surface area contributed by atoms with E-state index in [-0.39, 0.29) is 6.61 Å². The van der Waals surface area contributed by atoms with Crippen LogP contribution in [0.4, 0.5) is 0 Å². The van der Waals surface area contributed by atoms with Gasteiger partial charge in [-0.05, 0) is 98.3 Å². The lowest BCUT2D eigenvalue weighted by Crippen LogP contribution is -2.00. The van der Waals surface area contributed by atoms with Gasteiger partial charge < -0.3 is 9.79 Å². The monoisotopic (exact) mass is 440 g/mol. The van der Waals surface area contributed by atoms with Crippen LogP contribution in [0, 0.1) is 5.92 Å². The Morgan fingerprint density at radius 3 is 1.63 bits per heavy atom. The molecule has 0 aromatic rings. The van der Waals surface area contributed by atoms with Crippen molar-refractivity contribution >= 4 is 7.82 Å². The summed E-state index contributed by atoms with van der Waals surface area (Å²) in [5.41, 5.74) is 5.76. The van der Waals surface area contributed by atoms with Gasteiger partial charge in [-0.15, -0.1) is 0 Å². The van der Waals surface area contributed by atoms with E-state index in [1.54, 1.807) is 0 Å². The van der Waals surface area contributed by atoms with Gasteiger partial charge in [-0.25, -0.2) is 4.57 Å². The van der Waals surface area contributed by atoms with E-state index in [2.05, 4.69) is 70.4 Å². The smallest absolute Gasteiger partial charge is 0.303 e. The second-order valence-corrected chi connectivity index (χ2v) is 10.1. The fourth-order valence-corrected chi connectivity index (χ4v) is 3.46. The van der Waals surface area contributed by atoms with Crippen LogP contribution in [0.2, 0.25) is 0 Å². The lowest BCUT2D eigenvalue weighted by molar-refractivity contribution is 0.185. The van der Waals surface area contributed by atoms with E-state index in [4.69, 9.17) is 9.79 Å². The maximum absolute atomic E-state index is 10.7. The quantitative estimate of drug-likeness (QED) is 0.188. The minimum absolute atomic E-state index is 0.113. The molecular weight excluding hydrogens is 395 g/mol. The summed E-state index contributed by atoms with van der Waals surface area (Å²) in [6.45, 7) is 13.2. The Labute approximate surface area is 185 Å². The summed E-state index contributed by atoms with van der Waals surface area (Å²) < 4.78 is 15.2. The highest BCUT2D eigenvalue weighted by molar-refractivity contribution is 7.46. The maximum Gasteiger partial charge on any atom is 0.469 e. The summed E-state index contributed by atoms with van der Waals surface area (Å²) in [5.74, 6) is 0.390. The van der Waals surface area contributed by atoms with Crippen LogP contribution in [0.25, 0.3) is 0 Å². The summed E-state index contributed by atoms with van der Waals surface area (Å²) in [6, 6.07) is 0. The van der Waals surface area contributed by atoms with E-state index in [1.165, 1.54) is 22.3 Å². The molecule has 0 aliphatic heterocycles. The molecule has 0 amide bonds. The zero-order chi connectivity index (χ0) is 23.0. The Balaban J connectivity index is 4.00. The maximum atomic E-state index is 10.7. The summed E-state index contributed by atoms with van der Waals surface area (Å²) in [7, 11) is -4.33. The summed E-state index contributed by atoms with van der Waals surface area (Å²) in [6.07, 6.45) is 18.8. The first-order chi connectivity index (χ1) is 14.0. The predicted molar refractivity (Wildman–Crippen MR) is 129 cm³/mol. The van der Waals surface area contributed by atoms with E-state index in [1.807, 2.05) is 0 Å². The Morgan fingerprint density at radius 1 is 0.767 bits per heavy atom. The van der Waals surface area contributed by atoms with Crippen LogP contribution in [0.1, 0.15) is 99.3 Å². The van der Waals surface area contributed by atoms with Crippen molar-refractivity contribution in [3.8, 4) is 0 Å². The van der Waals surface area contributed by atoms with Crippen molar-refractivity contribution in [1.29, 1.82) is 0 Å². The average Bonchev–Trinajstić information content (AvgIpc) is 2.60. The van der Waals surface area contributed by atoms with Crippen LogP contribution in [0.5, 0.6) is 0 Å². The zero-order valence-electron chi connectivity index (χ0n) is 20.1. The van der Waals surface area contributed by atoms with Gasteiger partial charge in [0, 0.05) is 0 Å². The zero-order valence-corrected chi connectivity index (χ0v) is 21.0. The fourth-order valence-electron chi connectivity index (χ4n) is 3.12. The highest BCUT2D eigenvalue weighted by atomic mass is 31.2. The predicted octanol–water partition coefficient (Wildman–Crippen LogP) is 8.05. The van der Waals surface area contributed by atoms with Crippen LogP contribution in [-0.2, 0) is 9.09 Å². The molecule has 0 spiro atoms. The summed E-state index contributed by atoms with van der Waals surface area (Å²) in [4.78, 5) is 17.4. The van der Waals surface area contributed by atoms with Gasteiger partial charge in [0.25, 0.3) is 0 Å². The molecule has 0 fully saturated rings. The van der Waals surface area contributed by atoms with Gasteiger partial charge in [0.2, 0.25) is 0 Å². The normalized spacial score (nSPS) is 14.7. The van der Waals surface area contributed by atoms with E-state index in [0.29, 0.717) is 12.3 Å². The molecule has 0 aliphatic rings. The molecule has 1 atom stereocenters. The molecule has 1 unspecified atom stereocenters. The van der Waals surface area contributed by atoms with Crippen molar-refractivity contribution < 1.29 is 18.9 Å². The Kier molecular flexibility index (Phi) is 16.2. The summed E-state index contributed by atoms with van der Waals surface area (Å²) in [5, 5.41) is 0. The largest absolute Gasteiger partial charge is 0.469 e. The van der Waals surface area contributed by atoms with Gasteiger partial charge >= 0.3 is 7.82 Å². The topological polar surface area (TPSA) is 66.8 Å². The van der Waals surface area contributed by atoms with Crippen LogP contribution in [0.3, 0.4) is 0 Å². The number of allylic oxidation sites excluding steroid dienone is 8. The highest BCUT2D eigenvalue weighted by Crippen LogP contribution is 2.36. The molecule has 0 saturated carbocycles.